The largest absolute Gasteiger partial charge is 0.486 e. The standard InChI is InChI=1S/C20H24N2O4/c1-2-8-22-9-7-19-15-11-3-4-12(18(21)24)16(15)26-17(19)13(23)5-6-20(19,25)14(22)10-11/h2-4,13-14,17,23,25H,1,5-10H2,(H2,21,24)/t13-,14-,17+,19+,20-/m1/s1. The summed E-state index contributed by atoms with van der Waals surface area (Å²) < 4.78 is 6.19. The number of rotatable bonds is 3. The fourth-order valence-electron chi connectivity index (χ4n) is 6.20. The lowest BCUT2D eigenvalue weighted by Crippen LogP contribution is -2.77. The number of nitrogens with zero attached hydrogens (tertiary/aromatic N) is 1. The van der Waals surface area contributed by atoms with Crippen molar-refractivity contribution in [3.8, 4) is 5.75 Å². The van der Waals surface area contributed by atoms with Crippen molar-refractivity contribution in [2.75, 3.05) is 13.1 Å². The smallest absolute Gasteiger partial charge is 0.252 e. The maximum absolute atomic E-state index is 12.0. The van der Waals surface area contributed by atoms with Crippen LogP contribution in [0.2, 0.25) is 0 Å². The lowest BCUT2D eigenvalue weighted by molar-refractivity contribution is -0.206. The van der Waals surface area contributed by atoms with Crippen LogP contribution in [-0.2, 0) is 11.8 Å². The molecule has 138 valence electrons. The summed E-state index contributed by atoms with van der Waals surface area (Å²) in [5.74, 6) is -0.0583. The van der Waals surface area contributed by atoms with Gasteiger partial charge in [-0.25, -0.2) is 0 Å². The number of primary amides is 1. The number of carbonyl (C=O) groups excluding carboxylic acids is 1. The molecule has 2 fully saturated rings. The fourth-order valence-corrected chi connectivity index (χ4v) is 6.20. The van der Waals surface area contributed by atoms with Crippen LogP contribution >= 0.6 is 0 Å². The highest BCUT2D eigenvalue weighted by Crippen LogP contribution is 2.64. The predicted octanol–water partition coefficient (Wildman–Crippen LogP) is 0.486. The topological polar surface area (TPSA) is 96.0 Å². The molecule has 4 N–H and O–H groups in total. The Balaban J connectivity index is 1.79. The highest BCUT2D eigenvalue weighted by molar-refractivity contribution is 5.97. The second kappa shape index (κ2) is 5.09. The van der Waals surface area contributed by atoms with E-state index in [0.29, 0.717) is 37.0 Å². The number of nitrogens with two attached hydrogens (primary N) is 1. The third-order valence-corrected chi connectivity index (χ3v) is 7.19. The first-order valence-electron chi connectivity index (χ1n) is 9.32. The summed E-state index contributed by atoms with van der Waals surface area (Å²) >= 11 is 0. The number of aliphatic hydroxyl groups excluding tert-OH is 1. The van der Waals surface area contributed by atoms with Gasteiger partial charge in [-0.2, -0.15) is 0 Å². The number of piperidine rings is 1. The van der Waals surface area contributed by atoms with E-state index in [0.717, 1.165) is 24.2 Å². The van der Waals surface area contributed by atoms with Gasteiger partial charge in [0.05, 0.1) is 22.7 Å². The van der Waals surface area contributed by atoms with Crippen molar-refractivity contribution >= 4 is 5.91 Å². The SMILES string of the molecule is C=CCN1CC[C@]23c4c5ccc(C(N)=O)c4O[C@H]2[C@H](O)CC[C@@]3(O)[C@H]1C5. The average molecular weight is 356 g/mol. The van der Waals surface area contributed by atoms with Gasteiger partial charge in [0.1, 0.15) is 11.9 Å². The molecule has 1 amide bonds. The minimum atomic E-state index is -0.993. The van der Waals surface area contributed by atoms with Crippen LogP contribution in [0.1, 0.15) is 40.7 Å². The first-order chi connectivity index (χ1) is 12.4. The van der Waals surface area contributed by atoms with Crippen LogP contribution in [0.25, 0.3) is 0 Å². The number of carbonyl (C=O) groups is 1. The van der Waals surface area contributed by atoms with Crippen molar-refractivity contribution in [3.63, 3.8) is 0 Å². The average Bonchev–Trinajstić information content (AvgIpc) is 2.95. The van der Waals surface area contributed by atoms with Gasteiger partial charge in [-0.15, -0.1) is 6.58 Å². The van der Waals surface area contributed by atoms with Crippen LogP contribution in [0, 0.1) is 0 Å². The van der Waals surface area contributed by atoms with Crippen LogP contribution in [0.5, 0.6) is 5.75 Å². The summed E-state index contributed by atoms with van der Waals surface area (Å²) in [6, 6.07) is 3.61. The lowest BCUT2D eigenvalue weighted by Gasteiger charge is -2.63. The maximum Gasteiger partial charge on any atom is 0.252 e. The van der Waals surface area contributed by atoms with Gasteiger partial charge in [-0.1, -0.05) is 12.1 Å². The number of benzene rings is 1. The minimum absolute atomic E-state index is 0.0503. The van der Waals surface area contributed by atoms with E-state index in [4.69, 9.17) is 10.5 Å². The van der Waals surface area contributed by atoms with Gasteiger partial charge >= 0.3 is 0 Å². The first kappa shape index (κ1) is 16.3. The third kappa shape index (κ3) is 1.66. The molecule has 0 aromatic heterocycles. The van der Waals surface area contributed by atoms with E-state index in [2.05, 4.69) is 11.5 Å². The summed E-state index contributed by atoms with van der Waals surface area (Å²) in [6.07, 6.45) is 3.05. The van der Waals surface area contributed by atoms with Crippen molar-refractivity contribution in [2.24, 2.45) is 5.73 Å². The monoisotopic (exact) mass is 356 g/mol. The maximum atomic E-state index is 12.0. The van der Waals surface area contributed by atoms with E-state index in [1.54, 1.807) is 6.07 Å². The van der Waals surface area contributed by atoms with Crippen molar-refractivity contribution in [3.05, 3.63) is 41.5 Å². The highest BCUT2D eigenvalue weighted by atomic mass is 16.5. The summed E-state index contributed by atoms with van der Waals surface area (Å²) in [5, 5.41) is 22.7. The molecule has 1 saturated carbocycles. The summed E-state index contributed by atoms with van der Waals surface area (Å²) in [4.78, 5) is 14.2. The molecule has 5 rings (SSSR count). The van der Waals surface area contributed by atoms with Crippen LogP contribution in [0.4, 0.5) is 0 Å². The Kier molecular flexibility index (Phi) is 3.19. The molecule has 26 heavy (non-hydrogen) atoms. The molecule has 1 aromatic carbocycles. The van der Waals surface area contributed by atoms with E-state index in [1.807, 2.05) is 12.1 Å². The van der Waals surface area contributed by atoms with Crippen molar-refractivity contribution in [2.45, 2.75) is 54.9 Å². The van der Waals surface area contributed by atoms with E-state index in [-0.39, 0.29) is 6.04 Å². The second-order valence-electron chi connectivity index (χ2n) is 8.13. The lowest BCUT2D eigenvalue weighted by atomic mass is 9.48. The number of ether oxygens (including phenoxy) is 1. The molecular formula is C20H24N2O4. The van der Waals surface area contributed by atoms with Gasteiger partial charge < -0.3 is 20.7 Å². The molecule has 0 unspecified atom stereocenters. The van der Waals surface area contributed by atoms with Crippen LogP contribution < -0.4 is 10.5 Å². The van der Waals surface area contributed by atoms with Crippen molar-refractivity contribution in [1.82, 2.24) is 4.90 Å². The Morgan fingerprint density at radius 1 is 1.46 bits per heavy atom. The summed E-state index contributed by atoms with van der Waals surface area (Å²) in [7, 11) is 0. The molecule has 1 saturated heterocycles. The molecule has 2 heterocycles. The predicted molar refractivity (Wildman–Crippen MR) is 95.1 cm³/mol. The number of aliphatic hydroxyl groups is 2. The molecule has 5 atom stereocenters. The zero-order valence-electron chi connectivity index (χ0n) is 14.6. The first-order valence-corrected chi connectivity index (χ1v) is 9.32. The van der Waals surface area contributed by atoms with Crippen LogP contribution in [0.15, 0.2) is 24.8 Å². The fraction of sp³-hybridized carbons (Fsp3) is 0.550. The highest BCUT2D eigenvalue weighted by Gasteiger charge is 2.72. The zero-order valence-corrected chi connectivity index (χ0v) is 14.6. The Morgan fingerprint density at radius 3 is 3.00 bits per heavy atom. The molecule has 1 aromatic rings. The quantitative estimate of drug-likeness (QED) is 0.685. The van der Waals surface area contributed by atoms with Gasteiger partial charge in [0, 0.05) is 18.2 Å². The molecule has 6 nitrogen and oxygen atoms in total. The third-order valence-electron chi connectivity index (χ3n) is 7.19. The molecule has 2 aliphatic carbocycles. The molecular weight excluding hydrogens is 332 g/mol. The normalized spacial score (nSPS) is 39.8. The molecule has 1 spiro atoms. The Labute approximate surface area is 152 Å². The summed E-state index contributed by atoms with van der Waals surface area (Å²) in [5.41, 5.74) is 6.24. The van der Waals surface area contributed by atoms with E-state index < -0.39 is 29.1 Å². The molecule has 4 aliphatic rings. The van der Waals surface area contributed by atoms with Crippen molar-refractivity contribution in [1.29, 1.82) is 0 Å². The molecule has 2 aliphatic heterocycles. The van der Waals surface area contributed by atoms with Gasteiger partial charge in [-0.3, -0.25) is 9.69 Å². The number of hydrogen-bond donors (Lipinski definition) is 3. The number of likely N-dealkylation sites (tertiary alicyclic amines) is 1. The Bertz CT molecular complexity index is 824. The molecule has 6 heteroatoms. The number of hydrogen-bond acceptors (Lipinski definition) is 5. The van der Waals surface area contributed by atoms with E-state index in [9.17, 15) is 15.0 Å². The van der Waals surface area contributed by atoms with Gasteiger partial charge in [0.2, 0.25) is 0 Å². The second-order valence-corrected chi connectivity index (χ2v) is 8.13. The van der Waals surface area contributed by atoms with Gasteiger partial charge in [0.25, 0.3) is 5.91 Å². The number of amides is 1. The minimum Gasteiger partial charge on any atom is -0.486 e. The molecule has 2 bridgehead atoms. The van der Waals surface area contributed by atoms with E-state index >= 15 is 0 Å². The Morgan fingerprint density at radius 2 is 2.27 bits per heavy atom. The van der Waals surface area contributed by atoms with Gasteiger partial charge in [0.15, 0.2) is 0 Å². The van der Waals surface area contributed by atoms with Crippen molar-refractivity contribution < 1.29 is 19.7 Å². The van der Waals surface area contributed by atoms with Crippen LogP contribution in [0.3, 0.4) is 0 Å². The van der Waals surface area contributed by atoms with Gasteiger partial charge in [-0.05, 0) is 43.9 Å². The Hall–Kier alpha value is -1.89. The van der Waals surface area contributed by atoms with Crippen LogP contribution in [-0.4, -0.2) is 58.0 Å². The zero-order chi connectivity index (χ0) is 18.3. The van der Waals surface area contributed by atoms with E-state index in [1.165, 1.54) is 0 Å². The molecule has 0 radical (unpaired) electrons. The summed E-state index contributed by atoms with van der Waals surface area (Å²) in [6.45, 7) is 5.38.